The number of rotatable bonds is 4. The molecule has 0 radical (unpaired) electrons. The van der Waals surface area contributed by atoms with E-state index in [4.69, 9.17) is 0 Å². The van der Waals surface area contributed by atoms with Crippen molar-refractivity contribution in [3.8, 4) is 0 Å². The van der Waals surface area contributed by atoms with E-state index in [0.717, 1.165) is 12.8 Å². The second-order valence-electron chi connectivity index (χ2n) is 4.86. The van der Waals surface area contributed by atoms with Crippen LogP contribution in [0.15, 0.2) is 18.2 Å². The van der Waals surface area contributed by atoms with Crippen LogP contribution >= 0.6 is 0 Å². The summed E-state index contributed by atoms with van der Waals surface area (Å²) in [5.74, 6) is -1.12. The molecule has 1 fully saturated rings. The highest BCUT2D eigenvalue weighted by molar-refractivity contribution is 7.93. The zero-order chi connectivity index (χ0) is 14.0. The predicted molar refractivity (Wildman–Crippen MR) is 72.9 cm³/mol. The fourth-order valence-electron chi connectivity index (χ4n) is 2.47. The van der Waals surface area contributed by atoms with Crippen LogP contribution < -0.4 is 4.72 Å². The average molecular weight is 283 g/mol. The van der Waals surface area contributed by atoms with Crippen molar-refractivity contribution in [2.75, 3.05) is 4.72 Å². The molecule has 0 aromatic heterocycles. The molecular formula is C13H17NO4S. The number of carboxylic acids is 1. The molecule has 0 aliphatic heterocycles. The molecule has 104 valence electrons. The van der Waals surface area contributed by atoms with Gasteiger partial charge in [0.05, 0.1) is 16.5 Å². The molecular weight excluding hydrogens is 266 g/mol. The minimum absolute atomic E-state index is 0.0177. The molecule has 0 spiro atoms. The van der Waals surface area contributed by atoms with Gasteiger partial charge in [-0.15, -0.1) is 0 Å². The Balaban J connectivity index is 2.33. The van der Waals surface area contributed by atoms with Crippen LogP contribution in [0.4, 0.5) is 5.69 Å². The summed E-state index contributed by atoms with van der Waals surface area (Å²) in [6, 6.07) is 4.79. The molecule has 1 saturated carbocycles. The Morgan fingerprint density at radius 1 is 1.32 bits per heavy atom. The summed E-state index contributed by atoms with van der Waals surface area (Å²) in [5, 5.41) is 8.77. The van der Waals surface area contributed by atoms with Crippen molar-refractivity contribution in [1.82, 2.24) is 0 Å². The molecule has 0 saturated heterocycles. The highest BCUT2D eigenvalue weighted by atomic mass is 32.2. The summed E-state index contributed by atoms with van der Waals surface area (Å²) in [5.41, 5.74) is 0.711. The van der Waals surface area contributed by atoms with Crippen LogP contribution in [0.2, 0.25) is 0 Å². The second kappa shape index (κ2) is 5.21. The molecule has 1 aromatic carbocycles. The lowest BCUT2D eigenvalue weighted by molar-refractivity contribution is 0.0697. The van der Waals surface area contributed by atoms with Gasteiger partial charge in [-0.25, -0.2) is 13.2 Å². The standard InChI is InChI=1S/C13H17NO4S/c1-9-5-4-8-11(12(9)13(15)16)14-19(17,18)10-6-2-3-7-10/h4-5,8,10,14H,2-3,6-7H2,1H3,(H,15,16). The lowest BCUT2D eigenvalue weighted by Gasteiger charge is -2.15. The van der Waals surface area contributed by atoms with E-state index in [-0.39, 0.29) is 11.3 Å². The van der Waals surface area contributed by atoms with E-state index >= 15 is 0 Å². The lowest BCUT2D eigenvalue weighted by atomic mass is 10.1. The number of nitrogens with one attached hydrogen (secondary N) is 1. The molecule has 0 bridgehead atoms. The minimum Gasteiger partial charge on any atom is -0.478 e. The van der Waals surface area contributed by atoms with Gasteiger partial charge in [-0.2, -0.15) is 0 Å². The van der Waals surface area contributed by atoms with Crippen molar-refractivity contribution in [3.05, 3.63) is 29.3 Å². The number of carbonyl (C=O) groups is 1. The Bertz CT molecular complexity index is 589. The summed E-state index contributed by atoms with van der Waals surface area (Å²) in [7, 11) is -3.50. The van der Waals surface area contributed by atoms with E-state index in [9.17, 15) is 18.3 Å². The topological polar surface area (TPSA) is 83.5 Å². The van der Waals surface area contributed by atoms with Crippen LogP contribution in [-0.4, -0.2) is 24.7 Å². The maximum absolute atomic E-state index is 12.2. The van der Waals surface area contributed by atoms with Gasteiger partial charge in [0.1, 0.15) is 0 Å². The maximum Gasteiger partial charge on any atom is 0.338 e. The monoisotopic (exact) mass is 283 g/mol. The van der Waals surface area contributed by atoms with Crippen molar-refractivity contribution in [2.24, 2.45) is 0 Å². The summed E-state index contributed by atoms with van der Waals surface area (Å²) >= 11 is 0. The van der Waals surface area contributed by atoms with Crippen molar-refractivity contribution >= 4 is 21.7 Å². The van der Waals surface area contributed by atoms with E-state index in [0.29, 0.717) is 18.4 Å². The Labute approximate surface area is 112 Å². The van der Waals surface area contributed by atoms with Crippen LogP contribution in [0.3, 0.4) is 0 Å². The third-order valence-corrected chi connectivity index (χ3v) is 5.33. The number of carboxylic acid groups (broad SMARTS) is 1. The summed E-state index contributed by atoms with van der Waals surface area (Å²) in [6.45, 7) is 1.65. The number of sulfonamides is 1. The normalized spacial score (nSPS) is 16.5. The summed E-state index contributed by atoms with van der Waals surface area (Å²) < 4.78 is 26.8. The van der Waals surface area contributed by atoms with Gasteiger partial charge in [0.25, 0.3) is 0 Å². The van der Waals surface area contributed by atoms with Crippen LogP contribution in [0.1, 0.15) is 41.6 Å². The SMILES string of the molecule is Cc1cccc(NS(=O)(=O)C2CCCC2)c1C(=O)O. The number of benzene rings is 1. The number of aryl methyl sites for hydroxylation is 1. The van der Waals surface area contributed by atoms with Crippen LogP contribution in [0.5, 0.6) is 0 Å². The van der Waals surface area contributed by atoms with E-state index in [1.807, 2.05) is 0 Å². The second-order valence-corrected chi connectivity index (χ2v) is 6.82. The number of hydrogen-bond donors (Lipinski definition) is 2. The van der Waals surface area contributed by atoms with Gasteiger partial charge >= 0.3 is 5.97 Å². The highest BCUT2D eigenvalue weighted by Gasteiger charge is 2.29. The van der Waals surface area contributed by atoms with Crippen molar-refractivity contribution in [1.29, 1.82) is 0 Å². The van der Waals surface area contributed by atoms with Gasteiger partial charge in [0.2, 0.25) is 10.0 Å². The van der Waals surface area contributed by atoms with Gasteiger partial charge < -0.3 is 5.11 Å². The fourth-order valence-corrected chi connectivity index (χ4v) is 4.07. The van der Waals surface area contributed by atoms with E-state index in [2.05, 4.69) is 4.72 Å². The first-order valence-electron chi connectivity index (χ1n) is 6.26. The third-order valence-electron chi connectivity index (χ3n) is 3.48. The molecule has 1 aromatic rings. The van der Waals surface area contributed by atoms with Gasteiger partial charge in [-0.05, 0) is 31.4 Å². The Morgan fingerprint density at radius 3 is 2.53 bits per heavy atom. The maximum atomic E-state index is 12.2. The molecule has 6 heteroatoms. The van der Waals surface area contributed by atoms with Crippen LogP contribution in [0.25, 0.3) is 0 Å². The van der Waals surface area contributed by atoms with E-state index < -0.39 is 21.2 Å². The largest absolute Gasteiger partial charge is 0.478 e. The molecule has 2 rings (SSSR count). The first-order valence-corrected chi connectivity index (χ1v) is 7.81. The minimum atomic E-state index is -3.50. The van der Waals surface area contributed by atoms with Crippen LogP contribution in [-0.2, 0) is 10.0 Å². The Kier molecular flexibility index (Phi) is 3.80. The van der Waals surface area contributed by atoms with Gasteiger partial charge in [-0.3, -0.25) is 4.72 Å². The first-order chi connectivity index (χ1) is 8.92. The summed E-state index contributed by atoms with van der Waals surface area (Å²) in [6.07, 6.45) is 3.10. The first kappa shape index (κ1) is 13.9. The fraction of sp³-hybridized carbons (Fsp3) is 0.462. The zero-order valence-corrected chi connectivity index (χ0v) is 11.5. The Morgan fingerprint density at radius 2 is 1.95 bits per heavy atom. The number of anilines is 1. The zero-order valence-electron chi connectivity index (χ0n) is 10.7. The molecule has 1 aliphatic carbocycles. The van der Waals surface area contributed by atoms with Crippen molar-refractivity contribution in [3.63, 3.8) is 0 Å². The number of hydrogen-bond acceptors (Lipinski definition) is 3. The molecule has 0 atom stereocenters. The highest BCUT2D eigenvalue weighted by Crippen LogP contribution is 2.28. The average Bonchev–Trinajstić information content (AvgIpc) is 2.81. The van der Waals surface area contributed by atoms with Crippen molar-refractivity contribution in [2.45, 2.75) is 37.9 Å². The molecule has 0 heterocycles. The van der Waals surface area contributed by atoms with Crippen molar-refractivity contribution < 1.29 is 18.3 Å². The van der Waals surface area contributed by atoms with Crippen LogP contribution in [0, 0.1) is 6.92 Å². The molecule has 0 unspecified atom stereocenters. The molecule has 19 heavy (non-hydrogen) atoms. The third kappa shape index (κ3) is 2.89. The molecule has 2 N–H and O–H groups in total. The van der Waals surface area contributed by atoms with Gasteiger partial charge in [0, 0.05) is 0 Å². The predicted octanol–water partition coefficient (Wildman–Crippen LogP) is 2.38. The molecule has 0 amide bonds. The smallest absolute Gasteiger partial charge is 0.338 e. The quantitative estimate of drug-likeness (QED) is 0.888. The molecule has 5 nitrogen and oxygen atoms in total. The molecule has 1 aliphatic rings. The van der Waals surface area contributed by atoms with Gasteiger partial charge in [0.15, 0.2) is 0 Å². The van der Waals surface area contributed by atoms with Gasteiger partial charge in [-0.1, -0.05) is 25.0 Å². The number of aromatic carboxylic acids is 1. The Hall–Kier alpha value is -1.56. The summed E-state index contributed by atoms with van der Waals surface area (Å²) in [4.78, 5) is 11.2. The van der Waals surface area contributed by atoms with E-state index in [1.165, 1.54) is 6.07 Å². The van der Waals surface area contributed by atoms with E-state index in [1.54, 1.807) is 19.1 Å². The lowest BCUT2D eigenvalue weighted by Crippen LogP contribution is -2.26.